The molecule has 0 bridgehead atoms. The number of aromatic nitrogens is 4. The molecule has 3 atom stereocenters. The molecule has 8 nitrogen and oxygen atoms in total. The molecule has 10 heteroatoms. The summed E-state index contributed by atoms with van der Waals surface area (Å²) in [4.78, 5) is 0.183. The Morgan fingerprint density at radius 3 is 2.60 bits per heavy atom. The highest BCUT2D eigenvalue weighted by molar-refractivity contribution is 7.89. The highest BCUT2D eigenvalue weighted by Crippen LogP contribution is 2.73. The largest absolute Gasteiger partial charge is 0.383 e. The number of fused-ring (bicyclic) bond motifs is 1. The highest BCUT2D eigenvalue weighted by atomic mass is 32.2. The summed E-state index contributed by atoms with van der Waals surface area (Å²) in [6.07, 6.45) is 6.82. The molecule has 0 radical (unpaired) electrons. The summed E-state index contributed by atoms with van der Waals surface area (Å²) in [6, 6.07) is 16.5. The molecular formula is C32H34FN5O3S. The molecule has 2 aliphatic rings. The number of sulfonamides is 1. The molecule has 3 heterocycles. The molecule has 6 rings (SSSR count). The minimum Gasteiger partial charge on any atom is -0.383 e. The van der Waals surface area contributed by atoms with Crippen LogP contribution in [0.5, 0.6) is 0 Å². The minimum absolute atomic E-state index is 0.0946. The Balaban J connectivity index is 1.33. The van der Waals surface area contributed by atoms with Crippen LogP contribution >= 0.6 is 0 Å². The Morgan fingerprint density at radius 2 is 1.88 bits per heavy atom. The summed E-state index contributed by atoms with van der Waals surface area (Å²) in [6.45, 7) is 10.2. The maximum atomic E-state index is 13.8. The predicted octanol–water partition coefficient (Wildman–Crippen LogP) is 5.23. The first kappa shape index (κ1) is 28.3. The van der Waals surface area contributed by atoms with Gasteiger partial charge in [0.25, 0.3) is 0 Å². The van der Waals surface area contributed by atoms with Crippen molar-refractivity contribution in [2.75, 3.05) is 26.8 Å². The number of ether oxygens (including phenoxy) is 1. The van der Waals surface area contributed by atoms with Crippen molar-refractivity contribution in [3.8, 4) is 5.69 Å². The second kappa shape index (κ2) is 10.8. The van der Waals surface area contributed by atoms with E-state index in [0.717, 1.165) is 28.1 Å². The number of methoxy groups -OCH3 is 1. The first-order valence-corrected chi connectivity index (χ1v) is 15.4. The third kappa shape index (κ3) is 4.73. The molecule has 0 amide bonds. The molecule has 1 aliphatic heterocycles. The van der Waals surface area contributed by atoms with Gasteiger partial charge >= 0.3 is 0 Å². The van der Waals surface area contributed by atoms with E-state index in [-0.39, 0.29) is 22.5 Å². The van der Waals surface area contributed by atoms with E-state index in [2.05, 4.69) is 35.0 Å². The quantitative estimate of drug-likeness (QED) is 0.238. The number of hydrogen-bond donors (Lipinski definition) is 0. The number of halogens is 1. The Bertz CT molecular complexity index is 1760. The molecule has 218 valence electrons. The maximum Gasteiger partial charge on any atom is 0.246 e. The van der Waals surface area contributed by atoms with Gasteiger partial charge in [-0.3, -0.25) is 4.68 Å². The van der Waals surface area contributed by atoms with E-state index >= 15 is 0 Å². The Labute approximate surface area is 245 Å². The van der Waals surface area contributed by atoms with Crippen LogP contribution in [-0.4, -0.2) is 59.1 Å². The topological polar surface area (TPSA) is 82.3 Å². The van der Waals surface area contributed by atoms with E-state index in [1.54, 1.807) is 45.3 Å². The van der Waals surface area contributed by atoms with Gasteiger partial charge in [-0.2, -0.15) is 14.5 Å². The van der Waals surface area contributed by atoms with E-state index in [1.165, 1.54) is 23.9 Å². The molecule has 0 spiro atoms. The normalized spacial score (nSPS) is 22.3. The number of hydrogen-bond acceptors (Lipinski definition) is 5. The lowest BCUT2D eigenvalue weighted by Crippen LogP contribution is -2.33. The summed E-state index contributed by atoms with van der Waals surface area (Å²) in [5.41, 5.74) is 5.22. The lowest BCUT2D eigenvalue weighted by atomic mass is 9.86. The van der Waals surface area contributed by atoms with Gasteiger partial charge in [0.1, 0.15) is 10.7 Å². The number of rotatable bonds is 10. The number of benzene rings is 2. The first-order chi connectivity index (χ1) is 20.2. The van der Waals surface area contributed by atoms with Crippen molar-refractivity contribution in [3.63, 3.8) is 0 Å². The van der Waals surface area contributed by atoms with E-state index in [1.807, 2.05) is 32.0 Å². The molecular weight excluding hydrogens is 553 g/mol. The molecule has 42 heavy (non-hydrogen) atoms. The van der Waals surface area contributed by atoms with E-state index in [4.69, 9.17) is 4.74 Å². The molecule has 4 aromatic rings. The van der Waals surface area contributed by atoms with Crippen molar-refractivity contribution in [2.24, 2.45) is 11.3 Å². The van der Waals surface area contributed by atoms with E-state index in [0.29, 0.717) is 26.2 Å². The molecule has 2 fully saturated rings. The van der Waals surface area contributed by atoms with Gasteiger partial charge in [0.15, 0.2) is 0 Å². The van der Waals surface area contributed by atoms with Crippen LogP contribution in [0.4, 0.5) is 4.39 Å². The molecule has 1 saturated heterocycles. The fourth-order valence-electron chi connectivity index (χ4n) is 6.45. The van der Waals surface area contributed by atoms with E-state index in [9.17, 15) is 12.8 Å². The van der Waals surface area contributed by atoms with Gasteiger partial charge in [0, 0.05) is 37.7 Å². The summed E-state index contributed by atoms with van der Waals surface area (Å²) >= 11 is 0. The zero-order valence-electron chi connectivity index (χ0n) is 23.9. The van der Waals surface area contributed by atoms with Gasteiger partial charge < -0.3 is 4.74 Å². The Hall–Kier alpha value is -3.86. The Kier molecular flexibility index (Phi) is 7.24. The second-order valence-corrected chi connectivity index (χ2v) is 13.1. The van der Waals surface area contributed by atoms with Crippen LogP contribution < -0.4 is 0 Å². The second-order valence-electron chi connectivity index (χ2n) is 11.2. The van der Waals surface area contributed by atoms with Crippen molar-refractivity contribution in [1.29, 1.82) is 0 Å². The fraction of sp³-hybridized carbons (Fsp3) is 0.312. The predicted molar refractivity (Wildman–Crippen MR) is 159 cm³/mol. The van der Waals surface area contributed by atoms with Crippen molar-refractivity contribution in [2.45, 2.75) is 31.2 Å². The van der Waals surface area contributed by atoms with Gasteiger partial charge in [-0.05, 0) is 72.4 Å². The molecule has 1 saturated carbocycles. The number of aryl methyl sites for hydroxylation is 1. The zero-order valence-corrected chi connectivity index (χ0v) is 24.8. The Morgan fingerprint density at radius 1 is 1.14 bits per heavy atom. The van der Waals surface area contributed by atoms with Gasteiger partial charge in [-0.1, -0.05) is 36.9 Å². The van der Waals surface area contributed by atoms with Crippen LogP contribution in [0.25, 0.3) is 11.8 Å². The van der Waals surface area contributed by atoms with Crippen LogP contribution in [0, 0.1) is 24.1 Å². The number of allylic oxidation sites excluding steroid dienone is 1. The summed E-state index contributed by atoms with van der Waals surface area (Å²) in [7, 11) is -2.15. The molecule has 0 N–H and O–H groups in total. The number of piperidine rings is 1. The summed E-state index contributed by atoms with van der Waals surface area (Å²) in [5.74, 6) is -0.0520. The molecule has 1 aliphatic carbocycles. The molecule has 2 aromatic carbocycles. The standard InChI is InChI=1S/C32H34FN5O3S/c1-22(16-30-23(2)17-35-38(30)27-12-10-26(33)11-13-27)24(3)32-21-37(20-29(32)31(32)25-8-6-5-7-9-25)42(39,40)28-18-34-36(19-28)14-15-41-4/h5-13,16-19,29,31H,3,14-15,20-21H2,1-2,4H3/b22-16-/t29-,31-,32+/m0/s1. The van der Waals surface area contributed by atoms with Crippen molar-refractivity contribution in [1.82, 2.24) is 23.9 Å². The van der Waals surface area contributed by atoms with E-state index < -0.39 is 15.4 Å². The molecule has 0 unspecified atom stereocenters. The third-order valence-corrected chi connectivity index (χ3v) is 10.5. The van der Waals surface area contributed by atoms with Crippen LogP contribution in [0.1, 0.15) is 29.7 Å². The number of nitrogens with zero attached hydrogens (tertiary/aromatic N) is 5. The third-order valence-electron chi connectivity index (χ3n) is 8.74. The van der Waals surface area contributed by atoms with Gasteiger partial charge in [0.05, 0.1) is 36.9 Å². The average molecular weight is 588 g/mol. The van der Waals surface area contributed by atoms with Crippen LogP contribution in [0.2, 0.25) is 0 Å². The van der Waals surface area contributed by atoms with Crippen molar-refractivity contribution < 1.29 is 17.5 Å². The lowest BCUT2D eigenvalue weighted by molar-refractivity contribution is 0.183. The zero-order chi connectivity index (χ0) is 29.6. The molecule has 2 aromatic heterocycles. The highest BCUT2D eigenvalue weighted by Gasteiger charge is 2.71. The van der Waals surface area contributed by atoms with Gasteiger partial charge in [0.2, 0.25) is 10.0 Å². The minimum atomic E-state index is -3.75. The van der Waals surface area contributed by atoms with Crippen LogP contribution in [-0.2, 0) is 21.3 Å². The SMILES string of the molecule is C=C(/C(C)=C\c1c(C)cnn1-c1ccc(F)cc1)[C@]12CN(S(=O)(=O)c3cnn(CCOC)c3)C[C@H]1[C@@H]2c1ccccc1. The van der Waals surface area contributed by atoms with Crippen LogP contribution in [0.15, 0.2) is 95.8 Å². The van der Waals surface area contributed by atoms with Crippen LogP contribution in [0.3, 0.4) is 0 Å². The lowest BCUT2D eigenvalue weighted by Gasteiger charge is -2.25. The van der Waals surface area contributed by atoms with Crippen molar-refractivity contribution >= 4 is 16.1 Å². The summed E-state index contributed by atoms with van der Waals surface area (Å²) in [5, 5.41) is 8.76. The van der Waals surface area contributed by atoms with Crippen molar-refractivity contribution in [3.05, 3.63) is 114 Å². The summed E-state index contributed by atoms with van der Waals surface area (Å²) < 4.78 is 51.2. The first-order valence-electron chi connectivity index (χ1n) is 13.9. The average Bonchev–Trinajstić information content (AvgIpc) is 3.41. The van der Waals surface area contributed by atoms with Gasteiger partial charge in [-0.25, -0.2) is 17.5 Å². The monoisotopic (exact) mass is 587 g/mol. The smallest absolute Gasteiger partial charge is 0.246 e. The maximum absolute atomic E-state index is 13.8. The van der Waals surface area contributed by atoms with Gasteiger partial charge in [-0.15, -0.1) is 0 Å². The fourth-order valence-corrected chi connectivity index (χ4v) is 7.93.